The first kappa shape index (κ1) is 22.7. The first-order valence-electron chi connectivity index (χ1n) is 3.00. The number of hydrogen-bond acceptors (Lipinski definition) is 0. The van der Waals surface area contributed by atoms with Crippen molar-refractivity contribution in [1.29, 1.82) is 1.28 Å². The van der Waals surface area contributed by atoms with Gasteiger partial charge in [-0.3, -0.25) is 0 Å². The van der Waals surface area contributed by atoms with E-state index in [1.165, 1.54) is 0 Å². The van der Waals surface area contributed by atoms with Crippen molar-refractivity contribution in [1.82, 2.24) is 0 Å². The molecule has 0 rings (SSSR count). The van der Waals surface area contributed by atoms with Crippen molar-refractivity contribution < 1.29 is 31.1 Å². The summed E-state index contributed by atoms with van der Waals surface area (Å²) in [6.07, 6.45) is 0. The second-order valence-electron chi connectivity index (χ2n) is 0. The van der Waals surface area contributed by atoms with Gasteiger partial charge in [0, 0.05) is 31.1 Å². The van der Waals surface area contributed by atoms with E-state index in [2.05, 4.69) is 0 Å². The van der Waals surface area contributed by atoms with Crippen molar-refractivity contribution in [2.45, 2.75) is 35.1 Å². The van der Waals surface area contributed by atoms with E-state index in [1.54, 1.807) is 0 Å². The van der Waals surface area contributed by atoms with Gasteiger partial charge in [-0.15, -0.1) is 9.18 Å². The molecule has 0 N–H and O–H groups in total. The molecule has 0 amide bonds. The van der Waals surface area contributed by atoms with Crippen molar-refractivity contribution in [3.05, 3.63) is 0 Å². The predicted molar refractivity (Wildman–Crippen MR) is 45.1 cm³/mol. The Labute approximate surface area is 83.1 Å². The topological polar surface area (TPSA) is 0 Å². The van der Waals surface area contributed by atoms with Crippen molar-refractivity contribution in [2.24, 2.45) is 0 Å². The molecule has 0 radical (unpaired) electrons. The summed E-state index contributed by atoms with van der Waals surface area (Å²) in [4.78, 5) is 0. The Morgan fingerprint density at radius 1 is 1.12 bits per heavy atom. The van der Waals surface area contributed by atoms with Gasteiger partial charge >= 0.3 is 0 Å². The molecule has 54 valence electrons. The van der Waals surface area contributed by atoms with Gasteiger partial charge in [-0.2, -0.15) is 0 Å². The summed E-state index contributed by atoms with van der Waals surface area (Å²) < 4.78 is 6.24. The fourth-order valence-electron chi connectivity index (χ4n) is 0. The predicted octanol–water partition coefficient (Wildman–Crippen LogP) is 3.18. The van der Waals surface area contributed by atoms with Crippen molar-refractivity contribution in [3.63, 3.8) is 0 Å². The zero-order valence-corrected chi connectivity index (χ0v) is 11.2. The molecule has 0 aliphatic rings. The third-order valence-corrected chi connectivity index (χ3v) is 0. The molecule has 0 aromatic carbocycles. The molecule has 0 saturated heterocycles. The van der Waals surface area contributed by atoms with Gasteiger partial charge in [-0.25, -0.2) is 0 Å². The molecule has 0 aromatic rings. The summed E-state index contributed by atoms with van der Waals surface area (Å²) in [5, 5.41) is 0. The average molecular weight is 363 g/mol. The third kappa shape index (κ3) is 143. The van der Waals surface area contributed by atoms with E-state index in [0.717, 1.165) is 0 Å². The fourth-order valence-corrected chi connectivity index (χ4v) is 0. The molecule has 0 spiro atoms. The smallest absolute Gasteiger partial charge is 0.0543 e. The van der Waals surface area contributed by atoms with E-state index in [0.29, 0.717) is 9.18 Å². The van der Waals surface area contributed by atoms with Crippen LogP contribution in [-0.2, 0) is 0 Å². The Balaban J connectivity index is -0.00000000825. The molecule has 8 heavy (non-hydrogen) atoms. The van der Waals surface area contributed by atoms with Crippen molar-refractivity contribution in [3.8, 4) is 0 Å². The maximum absolute atomic E-state index is 6.24. The molecule has 2 heteroatoms. The molecule has 0 heterocycles. The molecular weight excluding hydrogens is 341 g/mol. The molecule has 0 saturated carbocycles. The second kappa shape index (κ2) is 216. The van der Waals surface area contributed by atoms with Crippen LogP contribution in [0, 0.1) is 31.1 Å². The van der Waals surface area contributed by atoms with E-state index >= 15 is 0 Å². The van der Waals surface area contributed by atoms with E-state index in [1.807, 2.05) is 34.4 Å². The van der Waals surface area contributed by atoms with E-state index in [4.69, 9.17) is 1.28 Å². The van der Waals surface area contributed by atoms with Crippen LogP contribution >= 0.6 is 9.18 Å². The molecule has 1 atom stereocenters. The molecule has 0 aliphatic carbocycles. The third-order valence-electron chi connectivity index (χ3n) is 0. The summed E-state index contributed by atoms with van der Waals surface area (Å²) >= 11 is 0. The van der Waals surface area contributed by atoms with Gasteiger partial charge < -0.3 is 0 Å². The summed E-state index contributed by atoms with van der Waals surface area (Å²) in [6.45, 7) is 9.82. The van der Waals surface area contributed by atoms with Crippen LogP contribution in [0.2, 0.25) is 0 Å². The molecule has 1 unspecified atom stereocenters. The van der Waals surface area contributed by atoms with Crippen LogP contribution in [0.1, 0.15) is 35.1 Å². The molecular formula is C6H21PU. The number of hydrogen-bond donors (Lipinski definition) is 0. The number of rotatable bonds is 0. The van der Waals surface area contributed by atoms with Crippen molar-refractivity contribution in [2.75, 3.05) is 6.66 Å². The minimum absolute atomic E-state index is 0. The van der Waals surface area contributed by atoms with Crippen LogP contribution in [0.3, 0.4) is 0 Å². The molecule has 0 bridgehead atoms. The minimum atomic E-state index is 0. The van der Waals surface area contributed by atoms with Crippen LogP contribution in [0.4, 0.5) is 0 Å². The normalized spacial score (nSPS) is 5.38. The first-order valence-corrected chi connectivity index (χ1v) is 3.50. The summed E-state index contributed by atoms with van der Waals surface area (Å²) in [6, 6.07) is 0. The van der Waals surface area contributed by atoms with Crippen LogP contribution in [0.25, 0.3) is 0 Å². The van der Waals surface area contributed by atoms with Gasteiger partial charge in [0.15, 0.2) is 0 Å². The fraction of sp³-hybridized carbons (Fsp3) is 1.00. The zero-order chi connectivity index (χ0) is 6.71. The van der Waals surface area contributed by atoms with Crippen LogP contribution in [-0.4, -0.2) is 7.94 Å². The van der Waals surface area contributed by atoms with Gasteiger partial charge in [0.2, 0.25) is 0 Å². The van der Waals surface area contributed by atoms with Gasteiger partial charge in [0.05, 0.1) is 1.28 Å². The quantitative estimate of drug-likeness (QED) is 0.580. The Morgan fingerprint density at radius 2 is 1.12 bits per heavy atom. The van der Waals surface area contributed by atoms with Gasteiger partial charge in [0.1, 0.15) is 0 Å². The Morgan fingerprint density at radius 3 is 1.12 bits per heavy atom. The first-order chi connectivity index (χ1) is 3.41. The molecule has 0 aromatic heterocycles. The summed E-state index contributed by atoms with van der Waals surface area (Å²) in [7, 11) is 0.333. The maximum Gasteiger partial charge on any atom is 0.0543 e. The molecule has 0 nitrogen and oxygen atoms in total. The van der Waals surface area contributed by atoms with Gasteiger partial charge in [-0.05, 0) is 0 Å². The Kier molecular flexibility index (Phi) is 613. The van der Waals surface area contributed by atoms with Gasteiger partial charge in [0.25, 0.3) is 0 Å². The van der Waals surface area contributed by atoms with E-state index in [-0.39, 0.29) is 38.5 Å². The van der Waals surface area contributed by atoms with E-state index < -0.39 is 0 Å². The monoisotopic (exact) mass is 363 g/mol. The summed E-state index contributed by atoms with van der Waals surface area (Å²) in [5.74, 6) is 0. The molecule has 0 fully saturated rings. The SMILES string of the molecule is C.CC.CC.[2H]PC.[U]. The standard InChI is InChI=1S/2C2H6.CH5P.CH4.U/c3*1-2;;/h2*1-2H3;2H2,1H3;1H4;/i;;2D;;. The Hall–Kier alpha value is 1.48. The Bertz CT molecular complexity index is 13.0. The minimum Gasteiger partial charge on any atom is -0.141 e. The second-order valence-corrected chi connectivity index (χ2v) is 0. The largest absolute Gasteiger partial charge is 0.141 e. The zero-order valence-electron chi connectivity index (χ0n) is 7.00. The van der Waals surface area contributed by atoms with Crippen LogP contribution < -0.4 is 0 Å². The van der Waals surface area contributed by atoms with E-state index in [9.17, 15) is 0 Å². The van der Waals surface area contributed by atoms with Crippen LogP contribution in [0.15, 0.2) is 0 Å². The average Bonchev–Trinajstić information content (AvgIpc) is 1.78. The molecule has 0 aliphatic heterocycles. The van der Waals surface area contributed by atoms with Crippen molar-refractivity contribution >= 4 is 9.18 Å². The summed E-state index contributed by atoms with van der Waals surface area (Å²) in [5.41, 5.74) is 0. The van der Waals surface area contributed by atoms with Crippen LogP contribution in [0.5, 0.6) is 0 Å². The maximum atomic E-state index is 6.24. The van der Waals surface area contributed by atoms with Gasteiger partial charge in [-0.1, -0.05) is 41.8 Å².